The van der Waals surface area contributed by atoms with E-state index in [1.165, 1.54) is 68.0 Å². The predicted molar refractivity (Wildman–Crippen MR) is 235 cm³/mol. The molecule has 0 aromatic carbocycles. The third-order valence-electron chi connectivity index (χ3n) is 5.70. The third kappa shape index (κ3) is 36.3. The SMILES string of the molecule is CC(=O)SCCCO.CCCCSC(=S)SC(C)(C)C(=O)N=[N+]=[N-].CCCCSC(=S)SC(CC(C)(C)NC(=O)OCCCSC(C)=O)C(=O)OC. The molecule has 0 rings (SSSR count). The van der Waals surface area contributed by atoms with Crippen LogP contribution in [-0.2, 0) is 28.7 Å². The summed E-state index contributed by atoms with van der Waals surface area (Å²) >= 11 is 18.7. The van der Waals surface area contributed by atoms with Crippen LogP contribution in [0.15, 0.2) is 5.11 Å². The highest BCUT2D eigenvalue weighted by molar-refractivity contribution is 8.48. The van der Waals surface area contributed by atoms with Crippen molar-refractivity contribution in [3.8, 4) is 0 Å². The Morgan fingerprint density at radius 1 is 0.846 bits per heavy atom. The minimum absolute atomic E-state index is 0.0442. The second-order valence-electron chi connectivity index (χ2n) is 11.6. The molecule has 1 unspecified atom stereocenters. The molecule has 0 bridgehead atoms. The molecule has 0 aromatic rings. The lowest BCUT2D eigenvalue weighted by Crippen LogP contribution is -2.46. The first-order valence-electron chi connectivity index (χ1n) is 16.5. The van der Waals surface area contributed by atoms with E-state index < -0.39 is 27.5 Å². The zero-order valence-electron chi connectivity index (χ0n) is 31.7. The molecular formula is C32H56N4O8S8. The van der Waals surface area contributed by atoms with Gasteiger partial charge in [-0.3, -0.25) is 19.2 Å². The number of aliphatic hydroxyl groups excluding tert-OH is 1. The fourth-order valence-corrected chi connectivity index (χ4v) is 10.3. The number of amides is 2. The van der Waals surface area contributed by atoms with Crippen LogP contribution >= 0.6 is 95.0 Å². The number of ether oxygens (including phenoxy) is 2. The first kappa shape index (κ1) is 55.6. The van der Waals surface area contributed by atoms with E-state index in [9.17, 15) is 24.0 Å². The molecular weight excluding hydrogens is 825 g/mol. The molecule has 2 amide bonds. The van der Waals surface area contributed by atoms with E-state index in [1.54, 1.807) is 37.4 Å². The largest absolute Gasteiger partial charge is 0.468 e. The Kier molecular flexibility index (Phi) is 37.2. The predicted octanol–water partition coefficient (Wildman–Crippen LogP) is 9.45. The van der Waals surface area contributed by atoms with Gasteiger partial charge in [-0.15, -0.1) is 23.5 Å². The van der Waals surface area contributed by atoms with Crippen LogP contribution in [0, 0.1) is 0 Å². The van der Waals surface area contributed by atoms with Crippen LogP contribution in [0.5, 0.6) is 0 Å². The van der Waals surface area contributed by atoms with Gasteiger partial charge in [0.15, 0.2) is 10.2 Å². The maximum Gasteiger partial charge on any atom is 0.407 e. The van der Waals surface area contributed by atoms with Gasteiger partial charge in [0.25, 0.3) is 0 Å². The second kappa shape index (κ2) is 34.8. The molecule has 20 heteroatoms. The lowest BCUT2D eigenvalue weighted by molar-refractivity contribution is -0.140. The number of rotatable bonds is 20. The summed E-state index contributed by atoms with van der Waals surface area (Å²) in [4.78, 5) is 59.1. The zero-order valence-corrected chi connectivity index (χ0v) is 38.2. The van der Waals surface area contributed by atoms with Gasteiger partial charge < -0.3 is 19.9 Å². The molecule has 0 aliphatic heterocycles. The number of thioether (sulfide) groups is 6. The fraction of sp³-hybridized carbons (Fsp3) is 0.781. The molecule has 0 heterocycles. The van der Waals surface area contributed by atoms with Gasteiger partial charge >= 0.3 is 12.1 Å². The number of nitrogens with zero attached hydrogens (tertiary/aromatic N) is 3. The number of alkyl carbamates (subject to hydrolysis) is 1. The number of carbonyl (C=O) groups is 5. The van der Waals surface area contributed by atoms with E-state index in [1.807, 2.05) is 13.8 Å². The quantitative estimate of drug-likeness (QED) is 0.0294. The molecule has 0 spiro atoms. The smallest absolute Gasteiger partial charge is 0.407 e. The van der Waals surface area contributed by atoms with Crippen molar-refractivity contribution in [3.63, 3.8) is 0 Å². The van der Waals surface area contributed by atoms with Gasteiger partial charge in [-0.2, -0.15) is 0 Å². The van der Waals surface area contributed by atoms with Gasteiger partial charge in [0.2, 0.25) is 5.91 Å². The Balaban J connectivity index is -0.000000833. The Morgan fingerprint density at radius 2 is 1.35 bits per heavy atom. The van der Waals surface area contributed by atoms with E-state index in [0.717, 1.165) is 46.5 Å². The number of methoxy groups -OCH3 is 1. The molecule has 0 aliphatic rings. The van der Waals surface area contributed by atoms with Crippen molar-refractivity contribution in [3.05, 3.63) is 10.4 Å². The number of azide groups is 1. The monoisotopic (exact) mass is 880 g/mol. The summed E-state index contributed by atoms with van der Waals surface area (Å²) in [5.74, 6) is 2.39. The average Bonchev–Trinajstić information content (AvgIpc) is 3.04. The molecule has 0 radical (unpaired) electrons. The second-order valence-corrected chi connectivity index (χ2v) is 21.6. The molecule has 0 aliphatic carbocycles. The summed E-state index contributed by atoms with van der Waals surface area (Å²) in [7, 11) is 1.34. The maximum absolute atomic E-state index is 12.2. The third-order valence-corrected chi connectivity index (χ3v) is 13.1. The van der Waals surface area contributed by atoms with Gasteiger partial charge in [0.1, 0.15) is 12.3 Å². The molecule has 52 heavy (non-hydrogen) atoms. The van der Waals surface area contributed by atoms with E-state index >= 15 is 0 Å². The summed E-state index contributed by atoms with van der Waals surface area (Å²) in [6, 6.07) is 0. The first-order valence-corrected chi connectivity index (χ1v) is 23.0. The van der Waals surface area contributed by atoms with Crippen molar-refractivity contribution < 1.29 is 38.6 Å². The van der Waals surface area contributed by atoms with Crippen LogP contribution in [0.3, 0.4) is 0 Å². The van der Waals surface area contributed by atoms with Crippen molar-refractivity contribution in [1.29, 1.82) is 0 Å². The zero-order chi connectivity index (χ0) is 40.6. The maximum atomic E-state index is 12.2. The molecule has 0 aromatic heterocycles. The number of esters is 1. The number of nitrogens with one attached hydrogen (secondary N) is 1. The van der Waals surface area contributed by atoms with E-state index in [0.29, 0.717) is 28.5 Å². The average molecular weight is 881 g/mol. The number of carbonyl (C=O) groups excluding carboxylic acids is 5. The van der Waals surface area contributed by atoms with Gasteiger partial charge in [-0.1, -0.05) is 98.2 Å². The normalized spacial score (nSPS) is 11.3. The lowest BCUT2D eigenvalue weighted by atomic mass is 9.98. The number of thiocarbonyl (C=S) groups is 2. The van der Waals surface area contributed by atoms with Crippen molar-refractivity contribution in [2.24, 2.45) is 5.11 Å². The standard InChI is InChI=1S/C18H31NO5S4.C9H15N3OS3.C5H10O2S/c1-6-7-10-27-17(25)28-14(15(21)23-5)12-18(3,4)19-16(22)24-9-8-11-26-13(2)20;1-4-5-6-15-8(14)16-9(2,3)7(13)11-12-10;1-5(7)8-4-2-3-6/h14H,6-12H2,1-5H3,(H,19,22);4-6H2,1-3H3;6H,2-4H2,1H3. The summed E-state index contributed by atoms with van der Waals surface area (Å²) in [5.41, 5.74) is 7.52. The molecule has 2 N–H and O–H groups in total. The Labute approximate surface area is 346 Å². The van der Waals surface area contributed by atoms with E-state index in [4.69, 9.17) is 44.5 Å². The van der Waals surface area contributed by atoms with Gasteiger partial charge in [-0.25, -0.2) is 4.79 Å². The van der Waals surface area contributed by atoms with Crippen LogP contribution in [0.25, 0.3) is 10.4 Å². The minimum atomic E-state index is -0.775. The van der Waals surface area contributed by atoms with Crippen molar-refractivity contribution in [1.82, 2.24) is 5.32 Å². The highest BCUT2D eigenvalue weighted by Crippen LogP contribution is 2.32. The Bertz CT molecular complexity index is 1160. The Hall–Kier alpha value is -0.700. The van der Waals surface area contributed by atoms with Crippen molar-refractivity contribution >= 4 is 130 Å². The highest BCUT2D eigenvalue weighted by Gasteiger charge is 2.32. The first-order chi connectivity index (χ1) is 24.3. The van der Waals surface area contributed by atoms with Crippen molar-refractivity contribution in [2.75, 3.05) is 43.3 Å². The number of hydrogen-bond donors (Lipinski definition) is 2. The van der Waals surface area contributed by atoms with Crippen LogP contribution in [0.4, 0.5) is 4.79 Å². The van der Waals surface area contributed by atoms with Crippen molar-refractivity contribution in [2.45, 2.75) is 116 Å². The number of aliphatic hydroxyl groups is 1. The van der Waals surface area contributed by atoms with Gasteiger partial charge in [0, 0.05) is 42.4 Å². The number of hydrogen-bond acceptors (Lipinski definition) is 16. The van der Waals surface area contributed by atoms with Crippen LogP contribution in [0.1, 0.15) is 100 Å². The summed E-state index contributed by atoms with van der Waals surface area (Å²) in [6.07, 6.45) is 5.51. The van der Waals surface area contributed by atoms with Gasteiger partial charge in [0.05, 0.1) is 18.5 Å². The molecule has 1 atom stereocenters. The summed E-state index contributed by atoms with van der Waals surface area (Å²) < 4.78 is 10.7. The van der Waals surface area contributed by atoms with E-state index in [2.05, 4.69) is 29.2 Å². The molecule has 0 fully saturated rings. The van der Waals surface area contributed by atoms with Gasteiger partial charge in [-0.05, 0) is 82.0 Å². The molecule has 12 nitrogen and oxygen atoms in total. The molecule has 300 valence electrons. The fourth-order valence-electron chi connectivity index (χ4n) is 3.04. The van der Waals surface area contributed by atoms with E-state index in [-0.39, 0.29) is 29.4 Å². The van der Waals surface area contributed by atoms with Crippen LogP contribution in [0.2, 0.25) is 0 Å². The van der Waals surface area contributed by atoms with Crippen LogP contribution < -0.4 is 5.32 Å². The lowest BCUT2D eigenvalue weighted by Gasteiger charge is -2.29. The molecule has 0 saturated carbocycles. The number of unbranched alkanes of at least 4 members (excludes halogenated alkanes) is 2. The Morgan fingerprint density at radius 3 is 1.81 bits per heavy atom. The minimum Gasteiger partial charge on any atom is -0.468 e. The summed E-state index contributed by atoms with van der Waals surface area (Å²) in [5, 5.41) is 13.8. The molecule has 0 saturated heterocycles. The topological polar surface area (TPSA) is 185 Å². The summed E-state index contributed by atoms with van der Waals surface area (Å²) in [6.45, 7) is 14.7. The highest BCUT2D eigenvalue weighted by atomic mass is 32.2. The van der Waals surface area contributed by atoms with Crippen LogP contribution in [-0.4, -0.2) is 99.2 Å².